The lowest BCUT2D eigenvalue weighted by Crippen LogP contribution is -2.24. The van der Waals surface area contributed by atoms with E-state index in [1.807, 2.05) is 13.8 Å². The smallest absolute Gasteiger partial charge is 0.266 e. The molecule has 19 heavy (non-hydrogen) atoms. The summed E-state index contributed by atoms with van der Waals surface area (Å²) in [7, 11) is -3.51. The SMILES string of the molecule is CC(C)n1c(=O)c(Br)cc2cnc(S(C)(=O)=O)nc21. The zero-order chi connectivity index (χ0) is 14.4. The monoisotopic (exact) mass is 345 g/mol. The number of aromatic nitrogens is 3. The minimum Gasteiger partial charge on any atom is -0.289 e. The van der Waals surface area contributed by atoms with Crippen molar-refractivity contribution in [2.45, 2.75) is 25.0 Å². The molecule has 0 saturated carbocycles. The highest BCUT2D eigenvalue weighted by atomic mass is 79.9. The van der Waals surface area contributed by atoms with Crippen LogP contribution in [0.4, 0.5) is 0 Å². The van der Waals surface area contributed by atoms with Crippen LogP contribution in [0.25, 0.3) is 11.0 Å². The van der Waals surface area contributed by atoms with Gasteiger partial charge >= 0.3 is 0 Å². The van der Waals surface area contributed by atoms with Gasteiger partial charge in [-0.15, -0.1) is 0 Å². The maximum absolute atomic E-state index is 12.1. The Morgan fingerprint density at radius 1 is 1.37 bits per heavy atom. The first-order valence-electron chi connectivity index (χ1n) is 5.49. The Kier molecular flexibility index (Phi) is 3.48. The van der Waals surface area contributed by atoms with Gasteiger partial charge in [0, 0.05) is 23.9 Å². The van der Waals surface area contributed by atoms with Crippen molar-refractivity contribution in [2.75, 3.05) is 6.26 Å². The van der Waals surface area contributed by atoms with Crippen LogP contribution in [-0.2, 0) is 9.84 Å². The number of pyridine rings is 1. The summed E-state index contributed by atoms with van der Waals surface area (Å²) in [6.07, 6.45) is 2.44. The maximum atomic E-state index is 12.1. The molecule has 0 fully saturated rings. The number of nitrogens with zero attached hydrogens (tertiary/aromatic N) is 3. The first-order chi connectivity index (χ1) is 8.71. The average Bonchev–Trinajstić information content (AvgIpc) is 2.28. The van der Waals surface area contributed by atoms with E-state index >= 15 is 0 Å². The first-order valence-corrected chi connectivity index (χ1v) is 8.18. The summed E-state index contributed by atoms with van der Waals surface area (Å²) >= 11 is 3.19. The van der Waals surface area contributed by atoms with E-state index in [1.54, 1.807) is 6.07 Å². The summed E-state index contributed by atoms with van der Waals surface area (Å²) in [5.74, 6) is 0. The van der Waals surface area contributed by atoms with Crippen molar-refractivity contribution in [1.82, 2.24) is 14.5 Å². The summed E-state index contributed by atoms with van der Waals surface area (Å²) in [5, 5.41) is 0.323. The van der Waals surface area contributed by atoms with Crippen LogP contribution < -0.4 is 5.56 Å². The van der Waals surface area contributed by atoms with Gasteiger partial charge in [-0.25, -0.2) is 13.4 Å². The number of halogens is 1. The fourth-order valence-electron chi connectivity index (χ4n) is 1.73. The summed E-state index contributed by atoms with van der Waals surface area (Å²) in [6.45, 7) is 3.66. The highest BCUT2D eigenvalue weighted by molar-refractivity contribution is 9.10. The third-order valence-electron chi connectivity index (χ3n) is 2.56. The quantitative estimate of drug-likeness (QED) is 0.771. The third-order valence-corrected chi connectivity index (χ3v) is 3.98. The van der Waals surface area contributed by atoms with Crippen LogP contribution in [0, 0.1) is 0 Å². The number of fused-ring (bicyclic) bond motifs is 1. The molecule has 0 radical (unpaired) electrons. The van der Waals surface area contributed by atoms with Gasteiger partial charge in [0.15, 0.2) is 0 Å². The number of hydrogen-bond acceptors (Lipinski definition) is 5. The average molecular weight is 346 g/mol. The van der Waals surface area contributed by atoms with Gasteiger partial charge in [-0.2, -0.15) is 4.98 Å². The van der Waals surface area contributed by atoms with E-state index in [0.29, 0.717) is 15.5 Å². The topological polar surface area (TPSA) is 81.9 Å². The van der Waals surface area contributed by atoms with Gasteiger partial charge < -0.3 is 0 Å². The van der Waals surface area contributed by atoms with E-state index in [-0.39, 0.29) is 16.8 Å². The second kappa shape index (κ2) is 4.68. The normalized spacial score (nSPS) is 12.3. The molecule has 0 bridgehead atoms. The van der Waals surface area contributed by atoms with Crippen molar-refractivity contribution in [3.05, 3.63) is 27.1 Å². The number of sulfone groups is 1. The molecule has 0 aliphatic heterocycles. The Morgan fingerprint density at radius 2 is 2.00 bits per heavy atom. The Morgan fingerprint density at radius 3 is 2.53 bits per heavy atom. The van der Waals surface area contributed by atoms with Gasteiger partial charge in [-0.3, -0.25) is 9.36 Å². The molecular weight excluding hydrogens is 334 g/mol. The molecule has 0 N–H and O–H groups in total. The number of rotatable bonds is 2. The van der Waals surface area contributed by atoms with Gasteiger partial charge in [0.25, 0.3) is 5.56 Å². The summed E-state index contributed by atoms with van der Waals surface area (Å²) < 4.78 is 24.8. The van der Waals surface area contributed by atoms with Crippen LogP contribution in [0.2, 0.25) is 0 Å². The molecule has 0 aliphatic rings. The van der Waals surface area contributed by atoms with Crippen molar-refractivity contribution in [3.63, 3.8) is 0 Å². The predicted molar refractivity (Wildman–Crippen MR) is 75.0 cm³/mol. The Labute approximate surface area is 118 Å². The van der Waals surface area contributed by atoms with Crippen molar-refractivity contribution in [2.24, 2.45) is 0 Å². The van der Waals surface area contributed by atoms with Crippen LogP contribution in [0.1, 0.15) is 19.9 Å². The molecule has 2 aromatic rings. The van der Waals surface area contributed by atoms with Gasteiger partial charge in [0.2, 0.25) is 15.0 Å². The maximum Gasteiger partial charge on any atom is 0.266 e. The molecule has 2 aromatic heterocycles. The standard InChI is InChI=1S/C11H12BrN3O3S/c1-6(2)15-9-7(4-8(12)10(15)16)5-13-11(14-9)19(3,17)18/h4-6H,1-3H3. The molecule has 0 unspecified atom stereocenters. The van der Waals surface area contributed by atoms with Crippen molar-refractivity contribution < 1.29 is 8.42 Å². The number of hydrogen-bond donors (Lipinski definition) is 0. The van der Waals surface area contributed by atoms with Crippen LogP contribution >= 0.6 is 15.9 Å². The van der Waals surface area contributed by atoms with E-state index < -0.39 is 9.84 Å². The second-order valence-electron chi connectivity index (χ2n) is 4.46. The molecule has 0 aliphatic carbocycles. The minimum atomic E-state index is -3.51. The van der Waals surface area contributed by atoms with Crippen molar-refractivity contribution in [3.8, 4) is 0 Å². The molecule has 2 heterocycles. The molecule has 2 rings (SSSR count). The van der Waals surface area contributed by atoms with E-state index in [4.69, 9.17) is 0 Å². The Hall–Kier alpha value is -1.28. The van der Waals surface area contributed by atoms with Crippen LogP contribution in [-0.4, -0.2) is 29.2 Å². The van der Waals surface area contributed by atoms with Crippen molar-refractivity contribution in [1.29, 1.82) is 0 Å². The van der Waals surface area contributed by atoms with E-state index in [0.717, 1.165) is 6.26 Å². The molecule has 8 heteroatoms. The molecule has 0 spiro atoms. The lowest BCUT2D eigenvalue weighted by molar-refractivity contribution is 0.581. The minimum absolute atomic E-state index is 0.144. The first kappa shape index (κ1) is 14.1. The van der Waals surface area contributed by atoms with Gasteiger partial charge in [-0.1, -0.05) is 0 Å². The lowest BCUT2D eigenvalue weighted by atomic mass is 10.3. The highest BCUT2D eigenvalue weighted by Gasteiger charge is 2.16. The van der Waals surface area contributed by atoms with Crippen LogP contribution in [0.3, 0.4) is 0 Å². The van der Waals surface area contributed by atoms with Gasteiger partial charge in [-0.05, 0) is 35.8 Å². The Bertz CT molecular complexity index is 812. The van der Waals surface area contributed by atoms with Crippen LogP contribution in [0.5, 0.6) is 0 Å². The predicted octanol–water partition coefficient (Wildman–Crippen LogP) is 1.54. The molecule has 6 nitrogen and oxygen atoms in total. The molecule has 0 atom stereocenters. The fraction of sp³-hybridized carbons (Fsp3) is 0.364. The highest BCUT2D eigenvalue weighted by Crippen LogP contribution is 2.18. The Balaban J connectivity index is 2.96. The van der Waals surface area contributed by atoms with E-state index in [2.05, 4.69) is 25.9 Å². The van der Waals surface area contributed by atoms with E-state index in [9.17, 15) is 13.2 Å². The third kappa shape index (κ3) is 2.55. The second-order valence-corrected chi connectivity index (χ2v) is 7.23. The van der Waals surface area contributed by atoms with Gasteiger partial charge in [0.1, 0.15) is 5.65 Å². The zero-order valence-corrected chi connectivity index (χ0v) is 13.0. The lowest BCUT2D eigenvalue weighted by Gasteiger charge is -2.13. The van der Waals surface area contributed by atoms with Crippen LogP contribution in [0.15, 0.2) is 26.7 Å². The van der Waals surface area contributed by atoms with Gasteiger partial charge in [0.05, 0.1) is 4.47 Å². The summed E-state index contributed by atoms with van der Waals surface area (Å²) in [6, 6.07) is 1.44. The molecule has 0 aromatic carbocycles. The molecular formula is C11H12BrN3O3S. The van der Waals surface area contributed by atoms with E-state index in [1.165, 1.54) is 10.8 Å². The summed E-state index contributed by atoms with van der Waals surface area (Å²) in [4.78, 5) is 19.9. The summed E-state index contributed by atoms with van der Waals surface area (Å²) in [5.41, 5.74) is 0.0688. The molecule has 0 saturated heterocycles. The molecule has 0 amide bonds. The fourth-order valence-corrected chi connectivity index (χ4v) is 2.66. The largest absolute Gasteiger partial charge is 0.289 e. The van der Waals surface area contributed by atoms with Crippen molar-refractivity contribution >= 4 is 36.8 Å². The molecule has 102 valence electrons. The zero-order valence-electron chi connectivity index (χ0n) is 10.6.